The topological polar surface area (TPSA) is 12.9 Å². The molecule has 0 amide bonds. The van der Waals surface area contributed by atoms with Crippen molar-refractivity contribution in [2.45, 2.75) is 40.5 Å². The van der Waals surface area contributed by atoms with Gasteiger partial charge in [-0.25, -0.2) is 4.98 Å². The van der Waals surface area contributed by atoms with Crippen LogP contribution >= 0.6 is 11.3 Å². The molecular weight excluding hydrogens is 166 g/mol. The van der Waals surface area contributed by atoms with Gasteiger partial charge in [0.05, 0.1) is 10.7 Å². The summed E-state index contributed by atoms with van der Waals surface area (Å²) in [7, 11) is 0. The molecule has 0 N–H and O–H groups in total. The zero-order chi connectivity index (χ0) is 9.30. The van der Waals surface area contributed by atoms with Crippen LogP contribution in [0.3, 0.4) is 0 Å². The molecular formula is C10H17NS. The molecule has 68 valence electrons. The van der Waals surface area contributed by atoms with Crippen molar-refractivity contribution in [2.24, 2.45) is 5.92 Å². The summed E-state index contributed by atoms with van der Waals surface area (Å²) in [5, 5.41) is 1.29. The highest BCUT2D eigenvalue weighted by Gasteiger charge is 2.14. The number of hydrogen-bond donors (Lipinski definition) is 0. The molecule has 0 fully saturated rings. The molecule has 0 aliphatic heterocycles. The van der Waals surface area contributed by atoms with Crippen LogP contribution in [0.1, 0.15) is 42.3 Å². The summed E-state index contributed by atoms with van der Waals surface area (Å²) >= 11 is 1.84. The van der Waals surface area contributed by atoms with Crippen LogP contribution < -0.4 is 0 Å². The van der Waals surface area contributed by atoms with E-state index in [-0.39, 0.29) is 0 Å². The van der Waals surface area contributed by atoms with Gasteiger partial charge < -0.3 is 0 Å². The maximum Gasteiger partial charge on any atom is 0.0961 e. The number of thiazole rings is 1. The Morgan fingerprint density at radius 3 is 2.08 bits per heavy atom. The lowest BCUT2D eigenvalue weighted by Crippen LogP contribution is -2.00. The van der Waals surface area contributed by atoms with E-state index in [9.17, 15) is 0 Å². The zero-order valence-corrected chi connectivity index (χ0v) is 9.33. The van der Waals surface area contributed by atoms with Gasteiger partial charge in [-0.3, -0.25) is 0 Å². The van der Waals surface area contributed by atoms with Gasteiger partial charge in [-0.1, -0.05) is 20.8 Å². The molecule has 1 heterocycles. The Morgan fingerprint density at radius 2 is 1.75 bits per heavy atom. The molecule has 12 heavy (non-hydrogen) atoms. The Balaban J connectivity index is 2.89. The van der Waals surface area contributed by atoms with E-state index >= 15 is 0 Å². The van der Waals surface area contributed by atoms with Crippen LogP contribution in [0.15, 0.2) is 0 Å². The lowest BCUT2D eigenvalue weighted by atomic mass is 9.99. The first-order valence-corrected chi connectivity index (χ1v) is 5.28. The Kier molecular flexibility index (Phi) is 2.89. The maximum atomic E-state index is 4.55. The van der Waals surface area contributed by atoms with Crippen molar-refractivity contribution < 1.29 is 0 Å². The molecule has 0 aromatic carbocycles. The normalized spacial score (nSPS) is 13.8. The summed E-state index contributed by atoms with van der Waals surface area (Å²) in [4.78, 5) is 5.91. The average molecular weight is 183 g/mol. The summed E-state index contributed by atoms with van der Waals surface area (Å²) in [6.07, 6.45) is 0. The average Bonchev–Trinajstić information content (AvgIpc) is 2.30. The SMILES string of the molecule is Cc1nc(C(C)C(C)C)sc1C. The minimum Gasteiger partial charge on any atom is -0.246 e. The van der Waals surface area contributed by atoms with Crippen LogP contribution in [-0.4, -0.2) is 4.98 Å². The van der Waals surface area contributed by atoms with Crippen LogP contribution in [0.5, 0.6) is 0 Å². The summed E-state index contributed by atoms with van der Waals surface area (Å²) < 4.78 is 0. The number of aryl methyl sites for hydroxylation is 2. The summed E-state index contributed by atoms with van der Waals surface area (Å²) in [5.41, 5.74) is 1.20. The molecule has 2 heteroatoms. The largest absolute Gasteiger partial charge is 0.246 e. The molecule has 0 aliphatic carbocycles. The maximum absolute atomic E-state index is 4.55. The van der Waals surface area contributed by atoms with Crippen molar-refractivity contribution >= 4 is 11.3 Å². The highest BCUT2D eigenvalue weighted by atomic mass is 32.1. The fourth-order valence-electron chi connectivity index (χ4n) is 0.977. The minimum atomic E-state index is 0.599. The van der Waals surface area contributed by atoms with Crippen molar-refractivity contribution in [1.29, 1.82) is 0 Å². The second-order valence-corrected chi connectivity index (χ2v) is 4.96. The van der Waals surface area contributed by atoms with Crippen LogP contribution in [-0.2, 0) is 0 Å². The van der Waals surface area contributed by atoms with Gasteiger partial charge in [-0.2, -0.15) is 0 Å². The van der Waals surface area contributed by atoms with E-state index in [2.05, 4.69) is 39.6 Å². The quantitative estimate of drug-likeness (QED) is 0.683. The molecule has 1 rings (SSSR count). The third-order valence-electron chi connectivity index (χ3n) is 2.43. The number of hydrogen-bond acceptors (Lipinski definition) is 2. The lowest BCUT2D eigenvalue weighted by Gasteiger charge is -2.11. The summed E-state index contributed by atoms with van der Waals surface area (Å²) in [5.74, 6) is 1.29. The molecule has 0 spiro atoms. The molecule has 0 saturated heterocycles. The number of aromatic nitrogens is 1. The highest BCUT2D eigenvalue weighted by molar-refractivity contribution is 7.11. The first-order chi connectivity index (χ1) is 5.52. The fraction of sp³-hybridized carbons (Fsp3) is 0.700. The first-order valence-electron chi connectivity index (χ1n) is 4.46. The van der Waals surface area contributed by atoms with E-state index in [0.717, 1.165) is 0 Å². The van der Waals surface area contributed by atoms with E-state index in [1.54, 1.807) is 0 Å². The Hall–Kier alpha value is -0.370. The summed E-state index contributed by atoms with van der Waals surface area (Å²) in [6, 6.07) is 0. The monoisotopic (exact) mass is 183 g/mol. The van der Waals surface area contributed by atoms with Crippen molar-refractivity contribution in [2.75, 3.05) is 0 Å². The van der Waals surface area contributed by atoms with Gasteiger partial charge in [0.1, 0.15) is 0 Å². The van der Waals surface area contributed by atoms with Crippen molar-refractivity contribution in [3.05, 3.63) is 15.6 Å². The van der Waals surface area contributed by atoms with Gasteiger partial charge in [0.2, 0.25) is 0 Å². The fourth-order valence-corrected chi connectivity index (χ4v) is 2.13. The molecule has 1 aromatic heterocycles. The predicted octanol–water partition coefficient (Wildman–Crippen LogP) is 3.52. The third kappa shape index (κ3) is 1.86. The Labute approximate surface area is 78.8 Å². The number of nitrogens with zero attached hydrogens (tertiary/aromatic N) is 1. The molecule has 1 nitrogen and oxygen atoms in total. The van der Waals surface area contributed by atoms with E-state index in [1.807, 2.05) is 11.3 Å². The predicted molar refractivity (Wildman–Crippen MR) is 54.8 cm³/mol. The van der Waals surface area contributed by atoms with E-state index in [0.29, 0.717) is 11.8 Å². The van der Waals surface area contributed by atoms with Gasteiger partial charge >= 0.3 is 0 Å². The van der Waals surface area contributed by atoms with E-state index < -0.39 is 0 Å². The minimum absolute atomic E-state index is 0.599. The Morgan fingerprint density at radius 1 is 1.17 bits per heavy atom. The van der Waals surface area contributed by atoms with Crippen molar-refractivity contribution in [1.82, 2.24) is 4.98 Å². The molecule has 1 aromatic rings. The van der Waals surface area contributed by atoms with Gasteiger partial charge in [0.15, 0.2) is 0 Å². The van der Waals surface area contributed by atoms with Crippen LogP contribution in [0.25, 0.3) is 0 Å². The lowest BCUT2D eigenvalue weighted by molar-refractivity contribution is 0.532. The molecule has 0 radical (unpaired) electrons. The molecule has 0 bridgehead atoms. The molecule has 0 aliphatic rings. The molecule has 1 atom stereocenters. The first kappa shape index (κ1) is 9.72. The Bertz CT molecular complexity index is 243. The number of rotatable bonds is 2. The second-order valence-electron chi connectivity index (χ2n) is 3.73. The third-order valence-corrected chi connectivity index (χ3v) is 3.71. The van der Waals surface area contributed by atoms with E-state index in [4.69, 9.17) is 0 Å². The van der Waals surface area contributed by atoms with Crippen LogP contribution in [0, 0.1) is 19.8 Å². The zero-order valence-electron chi connectivity index (χ0n) is 8.51. The summed E-state index contributed by atoms with van der Waals surface area (Å²) in [6.45, 7) is 11.0. The van der Waals surface area contributed by atoms with Crippen LogP contribution in [0.2, 0.25) is 0 Å². The standard InChI is InChI=1S/C10H17NS/c1-6(2)7(3)10-11-8(4)9(5)12-10/h6-7H,1-5H3. The van der Waals surface area contributed by atoms with E-state index in [1.165, 1.54) is 15.6 Å². The van der Waals surface area contributed by atoms with Gasteiger partial charge in [0, 0.05) is 10.8 Å². The molecule has 0 saturated carbocycles. The van der Waals surface area contributed by atoms with Gasteiger partial charge in [0.25, 0.3) is 0 Å². The smallest absolute Gasteiger partial charge is 0.0961 e. The van der Waals surface area contributed by atoms with Crippen LogP contribution in [0.4, 0.5) is 0 Å². The van der Waals surface area contributed by atoms with Gasteiger partial charge in [-0.15, -0.1) is 11.3 Å². The van der Waals surface area contributed by atoms with Crippen molar-refractivity contribution in [3.8, 4) is 0 Å². The van der Waals surface area contributed by atoms with Crippen molar-refractivity contribution in [3.63, 3.8) is 0 Å². The van der Waals surface area contributed by atoms with Gasteiger partial charge in [-0.05, 0) is 19.8 Å². The highest BCUT2D eigenvalue weighted by Crippen LogP contribution is 2.28. The second kappa shape index (κ2) is 3.56. The molecule has 1 unspecified atom stereocenters.